The van der Waals surface area contributed by atoms with E-state index in [-0.39, 0.29) is 53.4 Å². The molecule has 0 spiro atoms. The van der Waals surface area contributed by atoms with Crippen molar-refractivity contribution in [3.05, 3.63) is 95.5 Å². The molecule has 0 saturated carbocycles. The number of aliphatic hydroxyl groups is 1. The van der Waals surface area contributed by atoms with Gasteiger partial charge in [0, 0.05) is 42.2 Å². The number of amides is 2. The molecule has 2 amide bonds. The number of anilines is 1. The summed E-state index contributed by atoms with van der Waals surface area (Å²) in [5, 5.41) is 15.6. The van der Waals surface area contributed by atoms with E-state index in [1.54, 1.807) is 66.6 Å². The zero-order chi connectivity index (χ0) is 31.4. The summed E-state index contributed by atoms with van der Waals surface area (Å²) >= 11 is 1.50. The van der Waals surface area contributed by atoms with Crippen molar-refractivity contribution in [3.63, 3.8) is 0 Å². The highest BCUT2D eigenvalue weighted by Crippen LogP contribution is 2.35. The first kappa shape index (κ1) is 31.3. The van der Waals surface area contributed by atoms with Gasteiger partial charge in [0.25, 0.3) is 11.8 Å². The Morgan fingerprint density at radius 1 is 1.14 bits per heavy atom. The number of sulfonamides is 1. The van der Waals surface area contributed by atoms with E-state index in [0.717, 1.165) is 10.6 Å². The fourth-order valence-corrected chi connectivity index (χ4v) is 6.86. The number of ether oxygens (including phenoxy) is 1. The summed E-state index contributed by atoms with van der Waals surface area (Å²) in [4.78, 5) is 33.2. The molecule has 3 aromatic carbocycles. The summed E-state index contributed by atoms with van der Waals surface area (Å²) in [5.74, 6) is -0.962. The highest BCUT2D eigenvalue weighted by atomic mass is 32.2. The highest BCUT2D eigenvalue weighted by Gasteiger charge is 2.36. The number of nitrogens with zero attached hydrogens (tertiary/aromatic N) is 3. The zero-order valence-electron chi connectivity index (χ0n) is 24.6. The largest absolute Gasteiger partial charge is 0.486 e. The Balaban J connectivity index is 1.47. The van der Waals surface area contributed by atoms with Crippen LogP contribution in [-0.4, -0.2) is 78.4 Å². The van der Waals surface area contributed by atoms with Gasteiger partial charge in [-0.2, -0.15) is 4.31 Å². The fraction of sp³-hybridized carbons (Fsp3) is 0.281. The minimum absolute atomic E-state index is 0.0200. The van der Waals surface area contributed by atoms with Crippen LogP contribution in [0.1, 0.15) is 34.6 Å². The number of thiazole rings is 1. The maximum atomic E-state index is 13.8. The van der Waals surface area contributed by atoms with Crippen LogP contribution in [0.15, 0.2) is 89.3 Å². The minimum Gasteiger partial charge on any atom is -0.486 e. The number of nitrogens with one attached hydrogen (secondary N) is 1. The van der Waals surface area contributed by atoms with Crippen LogP contribution < -0.4 is 10.1 Å². The molecule has 12 heteroatoms. The van der Waals surface area contributed by atoms with Crippen LogP contribution in [0.25, 0.3) is 10.6 Å². The van der Waals surface area contributed by atoms with E-state index in [9.17, 15) is 23.1 Å². The van der Waals surface area contributed by atoms with Crippen LogP contribution in [-0.2, 0) is 10.0 Å². The molecule has 2 N–H and O–H groups in total. The van der Waals surface area contributed by atoms with Gasteiger partial charge in [0.2, 0.25) is 10.0 Å². The van der Waals surface area contributed by atoms with Crippen molar-refractivity contribution in [1.29, 1.82) is 0 Å². The molecule has 3 atom stereocenters. The van der Waals surface area contributed by atoms with Crippen LogP contribution in [0, 0.1) is 5.92 Å². The molecule has 1 aromatic heterocycles. The zero-order valence-corrected chi connectivity index (χ0v) is 26.2. The van der Waals surface area contributed by atoms with Crippen molar-refractivity contribution in [1.82, 2.24) is 14.2 Å². The molecule has 0 bridgehead atoms. The van der Waals surface area contributed by atoms with Crippen molar-refractivity contribution in [3.8, 4) is 16.3 Å². The predicted octanol–water partition coefficient (Wildman–Crippen LogP) is 4.60. The number of carbonyl (C=O) groups is 2. The fourth-order valence-electron chi connectivity index (χ4n) is 5.01. The number of para-hydroxylation sites is 1. The summed E-state index contributed by atoms with van der Waals surface area (Å²) in [6, 6.07) is 19.5. The molecular weight excluding hydrogens is 601 g/mol. The van der Waals surface area contributed by atoms with Crippen molar-refractivity contribution >= 4 is 38.9 Å². The Morgan fingerprint density at radius 3 is 2.52 bits per heavy atom. The topological polar surface area (TPSA) is 129 Å². The maximum absolute atomic E-state index is 13.8. The quantitative estimate of drug-likeness (QED) is 0.275. The van der Waals surface area contributed by atoms with E-state index in [0.29, 0.717) is 5.56 Å². The lowest BCUT2D eigenvalue weighted by Gasteiger charge is -2.38. The molecule has 2 heterocycles. The van der Waals surface area contributed by atoms with Crippen LogP contribution in [0.3, 0.4) is 0 Å². The van der Waals surface area contributed by atoms with Crippen molar-refractivity contribution in [2.75, 3.05) is 32.1 Å². The Kier molecular flexibility index (Phi) is 9.45. The molecule has 230 valence electrons. The first-order chi connectivity index (χ1) is 21.1. The Labute approximate surface area is 261 Å². The summed E-state index contributed by atoms with van der Waals surface area (Å²) in [5.41, 5.74) is 1.76. The highest BCUT2D eigenvalue weighted by molar-refractivity contribution is 7.89. The number of fused-ring (bicyclic) bond motifs is 1. The summed E-state index contributed by atoms with van der Waals surface area (Å²) in [6.45, 7) is 3.57. The first-order valence-electron chi connectivity index (χ1n) is 14.1. The monoisotopic (exact) mass is 634 g/mol. The summed E-state index contributed by atoms with van der Waals surface area (Å²) in [6.07, 6.45) is 1.02. The van der Waals surface area contributed by atoms with Gasteiger partial charge < -0.3 is 20.1 Å². The number of hydrogen-bond acceptors (Lipinski definition) is 8. The molecule has 0 aliphatic carbocycles. The SMILES string of the molecule is C[C@@H]1CN([C@@H](C)CO)C(=O)c2cccc(NC(=O)c3ccc(-c4nccs4)cc3)c2O[C@H]1CN(C)S(=O)(=O)c1ccccc1. The molecule has 4 aromatic rings. The molecule has 0 radical (unpaired) electrons. The average molecular weight is 635 g/mol. The number of rotatable bonds is 9. The summed E-state index contributed by atoms with van der Waals surface area (Å²) in [7, 11) is -2.34. The van der Waals surface area contributed by atoms with Gasteiger partial charge in [0.05, 0.1) is 35.3 Å². The molecule has 1 aliphatic heterocycles. The second-order valence-electron chi connectivity index (χ2n) is 10.8. The van der Waals surface area contributed by atoms with E-state index in [4.69, 9.17) is 4.74 Å². The smallest absolute Gasteiger partial charge is 0.258 e. The Morgan fingerprint density at radius 2 is 1.86 bits per heavy atom. The van der Waals surface area contributed by atoms with E-state index in [1.807, 2.05) is 24.4 Å². The second kappa shape index (κ2) is 13.3. The van der Waals surface area contributed by atoms with Crippen LogP contribution in [0.5, 0.6) is 5.75 Å². The minimum atomic E-state index is -3.83. The van der Waals surface area contributed by atoms with E-state index >= 15 is 0 Å². The third kappa shape index (κ3) is 6.53. The maximum Gasteiger partial charge on any atom is 0.258 e. The van der Waals surface area contributed by atoms with Gasteiger partial charge in [0.1, 0.15) is 11.1 Å². The second-order valence-corrected chi connectivity index (χ2v) is 13.7. The first-order valence-corrected chi connectivity index (χ1v) is 16.5. The van der Waals surface area contributed by atoms with E-state index < -0.39 is 28.1 Å². The van der Waals surface area contributed by atoms with Crippen LogP contribution in [0.2, 0.25) is 0 Å². The van der Waals surface area contributed by atoms with Crippen molar-refractivity contribution in [2.24, 2.45) is 5.92 Å². The summed E-state index contributed by atoms with van der Waals surface area (Å²) < 4.78 is 34.4. The van der Waals surface area contributed by atoms with E-state index in [2.05, 4.69) is 10.3 Å². The lowest BCUT2D eigenvalue weighted by molar-refractivity contribution is 0.0388. The van der Waals surface area contributed by atoms with Gasteiger partial charge in [-0.05, 0) is 43.3 Å². The number of benzene rings is 3. The third-order valence-electron chi connectivity index (χ3n) is 7.65. The molecule has 44 heavy (non-hydrogen) atoms. The Hall–Kier alpha value is -4.10. The molecule has 10 nitrogen and oxygen atoms in total. The molecular formula is C32H34N4O6S2. The van der Waals surface area contributed by atoms with Gasteiger partial charge in [0.15, 0.2) is 5.75 Å². The van der Waals surface area contributed by atoms with E-state index in [1.165, 1.54) is 34.8 Å². The van der Waals surface area contributed by atoms with Gasteiger partial charge in [-0.3, -0.25) is 9.59 Å². The molecule has 0 unspecified atom stereocenters. The lowest BCUT2D eigenvalue weighted by Crippen LogP contribution is -2.50. The van der Waals surface area contributed by atoms with Crippen molar-refractivity contribution in [2.45, 2.75) is 30.9 Å². The molecule has 1 aliphatic rings. The van der Waals surface area contributed by atoms with Crippen LogP contribution >= 0.6 is 11.3 Å². The predicted molar refractivity (Wildman–Crippen MR) is 169 cm³/mol. The molecule has 0 fully saturated rings. The Bertz CT molecular complexity index is 1710. The standard InChI is InChI=1S/C32H34N4O6S2/c1-21-18-36(22(2)20-37)32(39)26-10-7-11-27(34-30(38)23-12-14-24(15-13-23)31-33-16-17-43-31)29(26)42-28(21)19-35(3)44(40,41)25-8-5-4-6-9-25/h4-17,21-22,28,37H,18-20H2,1-3H3,(H,34,38)/t21-,22+,28+/m1/s1. The molecule has 0 saturated heterocycles. The average Bonchev–Trinajstić information content (AvgIpc) is 3.58. The lowest BCUT2D eigenvalue weighted by atomic mass is 9.99. The van der Waals surface area contributed by atoms with Gasteiger partial charge in [-0.1, -0.05) is 43.3 Å². The number of aromatic nitrogens is 1. The number of likely N-dealkylation sites (N-methyl/N-ethyl adjacent to an activating group) is 1. The van der Waals surface area contributed by atoms with Crippen LogP contribution in [0.4, 0.5) is 5.69 Å². The number of hydrogen-bond donors (Lipinski definition) is 2. The van der Waals surface area contributed by atoms with Gasteiger partial charge in [-0.15, -0.1) is 11.3 Å². The molecule has 5 rings (SSSR count). The number of carbonyl (C=O) groups excluding carboxylic acids is 2. The normalized spacial score (nSPS) is 17.8. The number of aliphatic hydroxyl groups excluding tert-OH is 1. The van der Waals surface area contributed by atoms with Gasteiger partial charge in [-0.25, -0.2) is 13.4 Å². The van der Waals surface area contributed by atoms with Crippen molar-refractivity contribution < 1.29 is 27.9 Å². The third-order valence-corrected chi connectivity index (χ3v) is 10.3. The van der Waals surface area contributed by atoms with Gasteiger partial charge >= 0.3 is 0 Å².